The van der Waals surface area contributed by atoms with Crippen LogP contribution >= 0.6 is 11.8 Å². The third-order valence-corrected chi connectivity index (χ3v) is 4.57. The standard InChI is InChI=1S/C14H28N2OS/c1-4-18-12-7-5-6-8-16(10-12)14(17)13(15)9-11(2)3/h11-13H,4-10,15H2,1-3H3/t12?,13-/m0/s1. The topological polar surface area (TPSA) is 46.3 Å². The van der Waals surface area contributed by atoms with Crippen molar-refractivity contribution in [3.8, 4) is 0 Å². The molecular weight excluding hydrogens is 244 g/mol. The molecule has 1 aliphatic rings. The lowest BCUT2D eigenvalue weighted by molar-refractivity contribution is -0.132. The predicted octanol–water partition coefficient (Wildman–Crippen LogP) is 2.49. The van der Waals surface area contributed by atoms with Crippen molar-refractivity contribution in [1.82, 2.24) is 4.90 Å². The number of likely N-dealkylation sites (tertiary alicyclic amines) is 1. The summed E-state index contributed by atoms with van der Waals surface area (Å²) in [6, 6.07) is -0.310. The number of thioether (sulfide) groups is 1. The molecule has 1 unspecified atom stereocenters. The highest BCUT2D eigenvalue weighted by molar-refractivity contribution is 7.99. The molecule has 0 radical (unpaired) electrons. The number of amides is 1. The molecule has 3 nitrogen and oxygen atoms in total. The Balaban J connectivity index is 2.54. The van der Waals surface area contributed by atoms with Gasteiger partial charge in [-0.05, 0) is 30.9 Å². The van der Waals surface area contributed by atoms with Gasteiger partial charge in [0.1, 0.15) is 0 Å². The monoisotopic (exact) mass is 272 g/mol. The van der Waals surface area contributed by atoms with Gasteiger partial charge in [0.2, 0.25) is 5.91 Å². The van der Waals surface area contributed by atoms with Crippen LogP contribution < -0.4 is 5.73 Å². The highest BCUT2D eigenvalue weighted by Gasteiger charge is 2.25. The van der Waals surface area contributed by atoms with Crippen LogP contribution in [0.1, 0.15) is 46.5 Å². The number of rotatable bonds is 5. The lowest BCUT2D eigenvalue weighted by Gasteiger charge is -2.27. The molecule has 0 saturated carbocycles. The van der Waals surface area contributed by atoms with Gasteiger partial charge in [0.05, 0.1) is 6.04 Å². The molecule has 1 aliphatic heterocycles. The maximum Gasteiger partial charge on any atom is 0.239 e. The third-order valence-electron chi connectivity index (χ3n) is 3.38. The summed E-state index contributed by atoms with van der Waals surface area (Å²) in [5.74, 6) is 1.77. The largest absolute Gasteiger partial charge is 0.340 e. The smallest absolute Gasteiger partial charge is 0.239 e. The van der Waals surface area contributed by atoms with Crippen molar-refractivity contribution in [2.24, 2.45) is 11.7 Å². The van der Waals surface area contributed by atoms with Gasteiger partial charge < -0.3 is 10.6 Å². The van der Waals surface area contributed by atoms with Crippen LogP contribution in [0.25, 0.3) is 0 Å². The predicted molar refractivity (Wildman–Crippen MR) is 79.8 cm³/mol. The Hall–Kier alpha value is -0.220. The quantitative estimate of drug-likeness (QED) is 0.836. The maximum absolute atomic E-state index is 12.3. The first kappa shape index (κ1) is 15.8. The molecule has 1 saturated heterocycles. The van der Waals surface area contributed by atoms with E-state index in [2.05, 4.69) is 20.8 Å². The fraction of sp³-hybridized carbons (Fsp3) is 0.929. The molecule has 0 aromatic rings. The molecule has 106 valence electrons. The summed E-state index contributed by atoms with van der Waals surface area (Å²) >= 11 is 1.98. The normalized spacial score (nSPS) is 22.9. The van der Waals surface area contributed by atoms with Gasteiger partial charge in [-0.1, -0.05) is 27.2 Å². The van der Waals surface area contributed by atoms with Crippen LogP contribution in [0, 0.1) is 5.92 Å². The molecule has 0 bridgehead atoms. The minimum atomic E-state index is -0.310. The molecule has 0 aliphatic carbocycles. The average Bonchev–Trinajstić information content (AvgIpc) is 2.53. The van der Waals surface area contributed by atoms with Crippen molar-refractivity contribution in [2.75, 3.05) is 18.8 Å². The molecule has 1 rings (SSSR count). The Morgan fingerprint density at radius 2 is 2.17 bits per heavy atom. The Morgan fingerprint density at radius 1 is 1.44 bits per heavy atom. The van der Waals surface area contributed by atoms with Crippen LogP contribution in [0.3, 0.4) is 0 Å². The molecule has 4 heteroatoms. The Labute approximate surface area is 116 Å². The highest BCUT2D eigenvalue weighted by Crippen LogP contribution is 2.22. The number of nitrogens with two attached hydrogens (primary N) is 1. The van der Waals surface area contributed by atoms with Crippen LogP contribution in [0.4, 0.5) is 0 Å². The van der Waals surface area contributed by atoms with Crippen LogP contribution in [-0.2, 0) is 4.79 Å². The van der Waals surface area contributed by atoms with Crippen LogP contribution in [0.15, 0.2) is 0 Å². The van der Waals surface area contributed by atoms with E-state index in [4.69, 9.17) is 5.73 Å². The Kier molecular flexibility index (Phi) is 7.08. The molecule has 2 N–H and O–H groups in total. The second-order valence-electron chi connectivity index (χ2n) is 5.59. The van der Waals surface area contributed by atoms with Crippen molar-refractivity contribution < 1.29 is 4.79 Å². The molecule has 0 spiro atoms. The van der Waals surface area contributed by atoms with E-state index in [9.17, 15) is 4.79 Å². The molecule has 0 aromatic heterocycles. The van der Waals surface area contributed by atoms with Gasteiger partial charge in [-0.15, -0.1) is 0 Å². The van der Waals surface area contributed by atoms with E-state index in [-0.39, 0.29) is 11.9 Å². The zero-order chi connectivity index (χ0) is 13.5. The average molecular weight is 272 g/mol. The zero-order valence-electron chi connectivity index (χ0n) is 12.0. The molecule has 1 fully saturated rings. The molecule has 1 heterocycles. The fourth-order valence-electron chi connectivity index (χ4n) is 2.52. The van der Waals surface area contributed by atoms with Crippen LogP contribution in [-0.4, -0.2) is 40.9 Å². The van der Waals surface area contributed by atoms with Crippen molar-refractivity contribution in [1.29, 1.82) is 0 Å². The van der Waals surface area contributed by atoms with Crippen molar-refractivity contribution >= 4 is 17.7 Å². The first-order valence-electron chi connectivity index (χ1n) is 7.20. The number of hydrogen-bond acceptors (Lipinski definition) is 3. The number of carbonyl (C=O) groups excluding carboxylic acids is 1. The zero-order valence-corrected chi connectivity index (χ0v) is 12.8. The van der Waals surface area contributed by atoms with E-state index in [0.29, 0.717) is 11.2 Å². The number of nitrogens with zero attached hydrogens (tertiary/aromatic N) is 1. The number of hydrogen-bond donors (Lipinski definition) is 1. The van der Waals surface area contributed by atoms with Crippen molar-refractivity contribution in [3.05, 3.63) is 0 Å². The van der Waals surface area contributed by atoms with E-state index < -0.39 is 0 Å². The second kappa shape index (κ2) is 8.05. The van der Waals surface area contributed by atoms with E-state index >= 15 is 0 Å². The Bertz CT molecular complexity index is 258. The number of carbonyl (C=O) groups is 1. The summed E-state index contributed by atoms with van der Waals surface area (Å²) in [5.41, 5.74) is 6.02. The van der Waals surface area contributed by atoms with Gasteiger partial charge in [-0.2, -0.15) is 11.8 Å². The van der Waals surface area contributed by atoms with Gasteiger partial charge >= 0.3 is 0 Å². The summed E-state index contributed by atoms with van der Waals surface area (Å²) in [7, 11) is 0. The fourth-order valence-corrected chi connectivity index (χ4v) is 3.61. The van der Waals surface area contributed by atoms with Gasteiger partial charge in [0, 0.05) is 18.3 Å². The van der Waals surface area contributed by atoms with Gasteiger partial charge in [0.15, 0.2) is 0 Å². The van der Waals surface area contributed by atoms with E-state index in [1.807, 2.05) is 16.7 Å². The highest BCUT2D eigenvalue weighted by atomic mass is 32.2. The second-order valence-corrected chi connectivity index (χ2v) is 7.17. The summed E-state index contributed by atoms with van der Waals surface area (Å²) in [4.78, 5) is 14.3. The Morgan fingerprint density at radius 3 is 2.78 bits per heavy atom. The first-order chi connectivity index (χ1) is 8.54. The van der Waals surface area contributed by atoms with Crippen LogP contribution in [0.2, 0.25) is 0 Å². The molecule has 2 atom stereocenters. The maximum atomic E-state index is 12.3. The molecule has 0 aromatic carbocycles. The van der Waals surface area contributed by atoms with E-state index in [1.165, 1.54) is 12.8 Å². The van der Waals surface area contributed by atoms with Gasteiger partial charge in [-0.25, -0.2) is 0 Å². The van der Waals surface area contributed by atoms with E-state index in [1.54, 1.807) is 0 Å². The summed E-state index contributed by atoms with van der Waals surface area (Å²) in [6.07, 6.45) is 4.39. The van der Waals surface area contributed by atoms with Crippen LogP contribution in [0.5, 0.6) is 0 Å². The first-order valence-corrected chi connectivity index (χ1v) is 8.25. The molecular formula is C14H28N2OS. The lowest BCUT2D eigenvalue weighted by Crippen LogP contribution is -2.46. The minimum absolute atomic E-state index is 0.160. The summed E-state index contributed by atoms with van der Waals surface area (Å²) in [6.45, 7) is 8.21. The van der Waals surface area contributed by atoms with Gasteiger partial charge in [-0.3, -0.25) is 4.79 Å². The van der Waals surface area contributed by atoms with Crippen molar-refractivity contribution in [3.63, 3.8) is 0 Å². The summed E-state index contributed by atoms with van der Waals surface area (Å²) < 4.78 is 0. The lowest BCUT2D eigenvalue weighted by atomic mass is 10.0. The molecule has 1 amide bonds. The summed E-state index contributed by atoms with van der Waals surface area (Å²) in [5, 5.41) is 0.604. The minimum Gasteiger partial charge on any atom is -0.340 e. The molecule has 18 heavy (non-hydrogen) atoms. The van der Waals surface area contributed by atoms with Gasteiger partial charge in [0.25, 0.3) is 0 Å². The van der Waals surface area contributed by atoms with E-state index in [0.717, 1.165) is 31.7 Å². The SMILES string of the molecule is CCSC1CCCCN(C(=O)[C@@H](N)CC(C)C)C1. The van der Waals surface area contributed by atoms with Crippen molar-refractivity contribution in [2.45, 2.75) is 57.7 Å². The third kappa shape index (κ3) is 5.19.